The number of rotatable bonds is 4. The van der Waals surface area contributed by atoms with Gasteiger partial charge < -0.3 is 10.1 Å². The van der Waals surface area contributed by atoms with Gasteiger partial charge >= 0.3 is 11.7 Å². The number of H-pyrrole nitrogens is 1. The van der Waals surface area contributed by atoms with E-state index in [1.165, 1.54) is 7.11 Å². The minimum atomic E-state index is -0.786. The Balaban J connectivity index is 1.71. The van der Waals surface area contributed by atoms with Gasteiger partial charge in [0.2, 0.25) is 0 Å². The number of nitrogens with one attached hydrogen (secondary N) is 2. The summed E-state index contributed by atoms with van der Waals surface area (Å²) in [7, 11) is 1.52. The molecular formula is C16H14ClN3O4. The molecule has 0 saturated carbocycles. The van der Waals surface area contributed by atoms with E-state index in [4.69, 9.17) is 21.2 Å². The zero-order valence-corrected chi connectivity index (χ0v) is 13.5. The quantitative estimate of drug-likeness (QED) is 0.758. The third-order valence-electron chi connectivity index (χ3n) is 3.40. The van der Waals surface area contributed by atoms with Gasteiger partial charge in [-0.1, -0.05) is 28.6 Å². The summed E-state index contributed by atoms with van der Waals surface area (Å²) in [6.07, 6.45) is -0.786. The maximum absolute atomic E-state index is 12.1. The smallest absolute Gasteiger partial charge is 0.433 e. The van der Waals surface area contributed by atoms with Gasteiger partial charge in [0.25, 0.3) is 0 Å². The number of amides is 1. The molecule has 3 rings (SSSR count). The molecule has 3 aromatic rings. The van der Waals surface area contributed by atoms with Crippen molar-refractivity contribution in [3.63, 3.8) is 0 Å². The number of hydrogen-bond donors (Lipinski definition) is 2. The first-order valence-corrected chi connectivity index (χ1v) is 7.44. The van der Waals surface area contributed by atoms with E-state index in [-0.39, 0.29) is 6.54 Å². The Morgan fingerprint density at radius 1 is 1.29 bits per heavy atom. The van der Waals surface area contributed by atoms with Crippen LogP contribution in [0.25, 0.3) is 10.9 Å². The molecule has 0 bridgehead atoms. The van der Waals surface area contributed by atoms with Crippen LogP contribution >= 0.6 is 11.6 Å². The summed E-state index contributed by atoms with van der Waals surface area (Å²) in [4.78, 5) is 29.8. The molecule has 1 amide bonds. The van der Waals surface area contributed by atoms with E-state index < -0.39 is 11.7 Å². The third-order valence-corrected chi connectivity index (χ3v) is 3.64. The topological polar surface area (TPSA) is 85.3 Å². The molecule has 0 aliphatic heterocycles. The largest absolute Gasteiger partial charge is 0.496 e. The maximum atomic E-state index is 12.1. The number of carbonyl (C=O) groups is 1. The van der Waals surface area contributed by atoms with E-state index in [0.717, 1.165) is 4.85 Å². The molecule has 1 heterocycles. The van der Waals surface area contributed by atoms with Crippen LogP contribution in [0.2, 0.25) is 5.02 Å². The second-order valence-corrected chi connectivity index (χ2v) is 5.38. The van der Waals surface area contributed by atoms with Gasteiger partial charge in [0.15, 0.2) is 0 Å². The van der Waals surface area contributed by atoms with Crippen LogP contribution in [0, 0.1) is 0 Å². The van der Waals surface area contributed by atoms with Crippen molar-refractivity contribution in [1.82, 2.24) is 15.3 Å². The maximum Gasteiger partial charge on any atom is 0.433 e. The van der Waals surface area contributed by atoms with Crippen LogP contribution in [0.1, 0.15) is 5.56 Å². The highest BCUT2D eigenvalue weighted by Gasteiger charge is 2.12. The average Bonchev–Trinajstić information content (AvgIpc) is 2.89. The molecule has 124 valence electrons. The molecule has 0 unspecified atom stereocenters. The number of para-hydroxylation sites is 1. The Hall–Kier alpha value is -2.93. The Morgan fingerprint density at radius 2 is 2.08 bits per heavy atom. The van der Waals surface area contributed by atoms with Gasteiger partial charge in [-0.25, -0.2) is 4.79 Å². The molecule has 24 heavy (non-hydrogen) atoms. The number of aromatic amines is 1. The van der Waals surface area contributed by atoms with Crippen molar-refractivity contribution in [2.24, 2.45) is 0 Å². The van der Waals surface area contributed by atoms with E-state index in [9.17, 15) is 9.59 Å². The van der Waals surface area contributed by atoms with Crippen LogP contribution in [0.5, 0.6) is 5.75 Å². The average molecular weight is 348 g/mol. The van der Waals surface area contributed by atoms with Crippen molar-refractivity contribution in [2.75, 3.05) is 7.11 Å². The molecule has 2 aromatic carbocycles. The zero-order valence-electron chi connectivity index (χ0n) is 12.7. The molecule has 8 heteroatoms. The molecule has 0 radical (unpaired) electrons. The molecule has 1 aromatic heterocycles. The molecule has 0 saturated heterocycles. The standard InChI is InChI=1S/C16H14ClN3O4/c1-23-14-7-6-11(17)8-10(14)9-18-16(22)24-20-15(21)12-4-2-3-5-13(12)19-20/h2-8,19H,9H2,1H3,(H,18,22). The van der Waals surface area contributed by atoms with Crippen LogP contribution in [0.4, 0.5) is 4.79 Å². The number of methoxy groups -OCH3 is 1. The van der Waals surface area contributed by atoms with E-state index in [1.807, 2.05) is 0 Å². The number of benzene rings is 2. The highest BCUT2D eigenvalue weighted by Crippen LogP contribution is 2.22. The summed E-state index contributed by atoms with van der Waals surface area (Å²) in [5, 5.41) is 6.19. The second-order valence-electron chi connectivity index (χ2n) is 4.95. The van der Waals surface area contributed by atoms with Crippen molar-refractivity contribution in [1.29, 1.82) is 0 Å². The number of nitrogens with zero attached hydrogens (tertiary/aromatic N) is 1. The lowest BCUT2D eigenvalue weighted by Crippen LogP contribution is -2.36. The van der Waals surface area contributed by atoms with Crippen molar-refractivity contribution in [3.05, 3.63) is 63.4 Å². The van der Waals surface area contributed by atoms with Crippen LogP contribution in [-0.2, 0) is 6.54 Å². The lowest BCUT2D eigenvalue weighted by Gasteiger charge is -2.10. The van der Waals surface area contributed by atoms with Gasteiger partial charge in [0.1, 0.15) is 5.75 Å². The Morgan fingerprint density at radius 3 is 2.83 bits per heavy atom. The molecule has 0 spiro atoms. The lowest BCUT2D eigenvalue weighted by atomic mass is 10.2. The van der Waals surface area contributed by atoms with Gasteiger partial charge in [0.05, 0.1) is 18.0 Å². The van der Waals surface area contributed by atoms with E-state index in [2.05, 4.69) is 10.4 Å². The van der Waals surface area contributed by atoms with Crippen LogP contribution in [-0.4, -0.2) is 23.1 Å². The third kappa shape index (κ3) is 3.21. The molecule has 2 N–H and O–H groups in total. The van der Waals surface area contributed by atoms with E-state index >= 15 is 0 Å². The van der Waals surface area contributed by atoms with Crippen molar-refractivity contribution < 1.29 is 14.4 Å². The first kappa shape index (κ1) is 15.9. The van der Waals surface area contributed by atoms with Crippen LogP contribution in [0.3, 0.4) is 0 Å². The highest BCUT2D eigenvalue weighted by molar-refractivity contribution is 6.30. The van der Waals surface area contributed by atoms with Gasteiger partial charge in [-0.15, -0.1) is 0 Å². The zero-order chi connectivity index (χ0) is 17.1. The fourth-order valence-electron chi connectivity index (χ4n) is 2.27. The lowest BCUT2D eigenvalue weighted by molar-refractivity contribution is 0.112. The number of hydrogen-bond acceptors (Lipinski definition) is 4. The van der Waals surface area contributed by atoms with E-state index in [1.54, 1.807) is 42.5 Å². The predicted molar refractivity (Wildman–Crippen MR) is 89.4 cm³/mol. The summed E-state index contributed by atoms with van der Waals surface area (Å²) in [6.45, 7) is 0.136. The number of carbonyl (C=O) groups excluding carboxylic acids is 1. The molecule has 0 fully saturated rings. The van der Waals surface area contributed by atoms with Gasteiger partial charge in [-0.2, -0.15) is 0 Å². The van der Waals surface area contributed by atoms with Gasteiger partial charge in [-0.3, -0.25) is 14.7 Å². The molecule has 0 aliphatic rings. The summed E-state index contributed by atoms with van der Waals surface area (Å²) in [5.74, 6) is 0.586. The van der Waals surface area contributed by atoms with Crippen LogP contribution in [0.15, 0.2) is 47.3 Å². The minimum absolute atomic E-state index is 0.136. The minimum Gasteiger partial charge on any atom is -0.496 e. The summed E-state index contributed by atoms with van der Waals surface area (Å²) < 4.78 is 5.20. The molecule has 0 atom stereocenters. The molecule has 7 nitrogen and oxygen atoms in total. The predicted octanol–water partition coefficient (Wildman–Crippen LogP) is 2.33. The number of aromatic nitrogens is 2. The highest BCUT2D eigenvalue weighted by atomic mass is 35.5. The normalized spacial score (nSPS) is 10.6. The van der Waals surface area contributed by atoms with Gasteiger partial charge in [0, 0.05) is 17.1 Å². The summed E-state index contributed by atoms with van der Waals surface area (Å²) >= 11 is 5.93. The number of fused-ring (bicyclic) bond motifs is 1. The van der Waals surface area contributed by atoms with Crippen LogP contribution < -0.4 is 20.5 Å². The number of halogens is 1. The van der Waals surface area contributed by atoms with Crippen molar-refractivity contribution in [2.45, 2.75) is 6.54 Å². The fraction of sp³-hybridized carbons (Fsp3) is 0.125. The molecular weight excluding hydrogens is 334 g/mol. The summed E-state index contributed by atoms with van der Waals surface area (Å²) in [5.41, 5.74) is 0.818. The Kier molecular flexibility index (Phi) is 4.43. The second kappa shape index (κ2) is 6.67. The Labute approximate surface area is 141 Å². The molecule has 0 aliphatic carbocycles. The van der Waals surface area contributed by atoms with Crippen molar-refractivity contribution in [3.8, 4) is 5.75 Å². The monoisotopic (exact) mass is 347 g/mol. The first-order valence-electron chi connectivity index (χ1n) is 7.07. The van der Waals surface area contributed by atoms with Crippen molar-refractivity contribution >= 4 is 28.6 Å². The first-order chi connectivity index (χ1) is 11.6. The van der Waals surface area contributed by atoms with Gasteiger partial charge in [-0.05, 0) is 30.3 Å². The fourth-order valence-corrected chi connectivity index (χ4v) is 2.46. The summed E-state index contributed by atoms with van der Waals surface area (Å²) in [6, 6.07) is 11.9. The number of ether oxygens (including phenoxy) is 1. The Bertz CT molecular complexity index is 948. The van der Waals surface area contributed by atoms with E-state index in [0.29, 0.717) is 27.2 Å². The SMILES string of the molecule is COc1ccc(Cl)cc1CNC(=O)On1[nH]c2ccccc2c1=O.